The Morgan fingerprint density at radius 2 is 1.56 bits per heavy atom. The number of carbonyl (C=O) groups excluding carboxylic acids is 1. The zero-order chi connectivity index (χ0) is 22.2. The number of likely N-dealkylation sites (N-methyl/N-ethyl adjacent to an activating group) is 1. The van der Waals surface area contributed by atoms with Crippen molar-refractivity contribution < 1.29 is 14.3 Å². The van der Waals surface area contributed by atoms with E-state index in [1.54, 1.807) is 14.2 Å². The maximum absolute atomic E-state index is 13.4. The minimum Gasteiger partial charge on any atom is -0.493 e. The summed E-state index contributed by atoms with van der Waals surface area (Å²) >= 11 is 0. The Hall–Kier alpha value is -3.45. The van der Waals surface area contributed by atoms with Crippen LogP contribution in [0.1, 0.15) is 22.8 Å². The number of hydrogen-bond acceptors (Lipinski definition) is 7. The predicted octanol–water partition coefficient (Wildman–Crippen LogP) is 3.51. The Kier molecular flexibility index (Phi) is 5.27. The number of aromatic nitrogens is 2. The fourth-order valence-corrected chi connectivity index (χ4v) is 4.48. The van der Waals surface area contributed by atoms with Crippen molar-refractivity contribution in [2.24, 2.45) is 0 Å². The van der Waals surface area contributed by atoms with E-state index < -0.39 is 0 Å². The molecule has 2 aromatic carbocycles. The quantitative estimate of drug-likeness (QED) is 0.480. The molecule has 1 saturated heterocycles. The summed E-state index contributed by atoms with van der Waals surface area (Å²) in [5.74, 6) is 1.85. The van der Waals surface area contributed by atoms with Crippen molar-refractivity contribution in [3.05, 3.63) is 53.6 Å². The van der Waals surface area contributed by atoms with Gasteiger partial charge in [-0.3, -0.25) is 4.79 Å². The van der Waals surface area contributed by atoms with Gasteiger partial charge in [0.1, 0.15) is 0 Å². The van der Waals surface area contributed by atoms with Gasteiger partial charge in [0.25, 0.3) is 0 Å². The molecule has 3 aromatic rings. The maximum Gasteiger partial charge on any atom is 0.226 e. The first-order chi connectivity index (χ1) is 15.6. The van der Waals surface area contributed by atoms with Gasteiger partial charge in [-0.2, -0.15) is 0 Å². The van der Waals surface area contributed by atoms with Crippen LogP contribution in [0.3, 0.4) is 0 Å². The van der Waals surface area contributed by atoms with Crippen LogP contribution in [0, 0.1) is 0 Å². The summed E-state index contributed by atoms with van der Waals surface area (Å²) in [6.07, 6.45) is 0. The second-order valence-electron chi connectivity index (χ2n) is 7.96. The molecule has 2 heterocycles. The summed E-state index contributed by atoms with van der Waals surface area (Å²) in [4.78, 5) is 27.8. The molecule has 1 aromatic heterocycles. The Morgan fingerprint density at radius 1 is 0.875 bits per heavy atom. The first-order valence-corrected chi connectivity index (χ1v) is 10.9. The molecule has 0 radical (unpaired) electrons. The van der Waals surface area contributed by atoms with Crippen LogP contribution >= 0.6 is 0 Å². The number of benzene rings is 2. The van der Waals surface area contributed by atoms with E-state index in [1.807, 2.05) is 42.5 Å². The minimum absolute atomic E-state index is 0.0391. The first-order valence-electron chi connectivity index (χ1n) is 10.9. The molecule has 2 aliphatic rings. The van der Waals surface area contributed by atoms with Gasteiger partial charge in [0, 0.05) is 42.9 Å². The standard InChI is InChI=1S/C25H26N4O3/c1-4-28-11-13-29(14-12-28)25-26-22(16-9-10-19(31-2)20(15-16)32-3)21-23(27-25)17-7-5-6-8-18(17)24(21)30/h5-10,15H,4,11-14H2,1-3H3. The number of anilines is 1. The summed E-state index contributed by atoms with van der Waals surface area (Å²) in [5.41, 5.74) is 4.23. The van der Waals surface area contributed by atoms with Crippen molar-refractivity contribution in [1.29, 1.82) is 0 Å². The molecule has 0 atom stereocenters. The fourth-order valence-electron chi connectivity index (χ4n) is 4.48. The zero-order valence-corrected chi connectivity index (χ0v) is 18.6. The molecule has 0 spiro atoms. The van der Waals surface area contributed by atoms with Gasteiger partial charge in [0.15, 0.2) is 17.3 Å². The number of carbonyl (C=O) groups is 1. The van der Waals surface area contributed by atoms with E-state index in [9.17, 15) is 4.79 Å². The molecular weight excluding hydrogens is 404 g/mol. The third-order valence-electron chi connectivity index (χ3n) is 6.31. The van der Waals surface area contributed by atoms with Gasteiger partial charge in [-0.15, -0.1) is 0 Å². The number of ketones is 1. The SMILES string of the molecule is CCN1CCN(c2nc(-c3ccc(OC)c(OC)c3)c3c(n2)-c2ccccc2C3=O)CC1. The second kappa shape index (κ2) is 8.24. The Labute approximate surface area is 187 Å². The van der Waals surface area contributed by atoms with Crippen LogP contribution in [0.25, 0.3) is 22.5 Å². The number of hydrogen-bond donors (Lipinski definition) is 0. The van der Waals surface area contributed by atoms with Crippen LogP contribution in [-0.2, 0) is 0 Å². The molecule has 32 heavy (non-hydrogen) atoms. The summed E-state index contributed by atoms with van der Waals surface area (Å²) in [7, 11) is 3.21. The lowest BCUT2D eigenvalue weighted by Crippen LogP contribution is -2.46. The van der Waals surface area contributed by atoms with Crippen LogP contribution < -0.4 is 14.4 Å². The number of ether oxygens (including phenoxy) is 2. The number of methoxy groups -OCH3 is 2. The highest BCUT2D eigenvalue weighted by Crippen LogP contribution is 2.42. The lowest BCUT2D eigenvalue weighted by Gasteiger charge is -2.34. The third kappa shape index (κ3) is 3.29. The lowest BCUT2D eigenvalue weighted by molar-refractivity contribution is 0.104. The van der Waals surface area contributed by atoms with E-state index in [1.165, 1.54) is 0 Å². The van der Waals surface area contributed by atoms with E-state index >= 15 is 0 Å². The average Bonchev–Trinajstić information content (AvgIpc) is 3.15. The highest BCUT2D eigenvalue weighted by atomic mass is 16.5. The van der Waals surface area contributed by atoms with Crippen molar-refractivity contribution in [3.63, 3.8) is 0 Å². The molecule has 1 fully saturated rings. The van der Waals surface area contributed by atoms with Gasteiger partial charge in [-0.05, 0) is 24.7 Å². The largest absolute Gasteiger partial charge is 0.493 e. The van der Waals surface area contributed by atoms with Crippen molar-refractivity contribution in [1.82, 2.24) is 14.9 Å². The lowest BCUT2D eigenvalue weighted by atomic mass is 10.0. The van der Waals surface area contributed by atoms with Gasteiger partial charge < -0.3 is 19.3 Å². The van der Waals surface area contributed by atoms with Crippen LogP contribution in [0.5, 0.6) is 11.5 Å². The second-order valence-corrected chi connectivity index (χ2v) is 7.96. The molecule has 0 saturated carbocycles. The number of nitrogens with zero attached hydrogens (tertiary/aromatic N) is 4. The number of piperazine rings is 1. The highest BCUT2D eigenvalue weighted by molar-refractivity contribution is 6.23. The van der Waals surface area contributed by atoms with Gasteiger partial charge in [0.2, 0.25) is 5.95 Å². The fraction of sp³-hybridized carbons (Fsp3) is 0.320. The smallest absolute Gasteiger partial charge is 0.226 e. The summed E-state index contributed by atoms with van der Waals surface area (Å²) < 4.78 is 10.9. The van der Waals surface area contributed by atoms with E-state index in [-0.39, 0.29) is 5.78 Å². The molecule has 164 valence electrons. The Balaban J connectivity index is 1.67. The molecule has 0 amide bonds. The molecule has 7 nitrogen and oxygen atoms in total. The normalized spacial score (nSPS) is 15.5. The first kappa shape index (κ1) is 20.5. The molecule has 0 N–H and O–H groups in total. The van der Waals surface area contributed by atoms with Crippen molar-refractivity contribution in [2.75, 3.05) is 51.8 Å². The van der Waals surface area contributed by atoms with Crippen LogP contribution in [0.15, 0.2) is 42.5 Å². The van der Waals surface area contributed by atoms with E-state index in [2.05, 4.69) is 16.7 Å². The van der Waals surface area contributed by atoms with E-state index in [0.717, 1.165) is 43.9 Å². The molecule has 1 aliphatic heterocycles. The van der Waals surface area contributed by atoms with Gasteiger partial charge >= 0.3 is 0 Å². The molecule has 0 bridgehead atoms. The van der Waals surface area contributed by atoms with Crippen LogP contribution in [0.4, 0.5) is 5.95 Å². The van der Waals surface area contributed by atoms with Gasteiger partial charge in [-0.1, -0.05) is 31.2 Å². The molecule has 0 unspecified atom stereocenters. The monoisotopic (exact) mass is 430 g/mol. The zero-order valence-electron chi connectivity index (χ0n) is 18.6. The van der Waals surface area contributed by atoms with Gasteiger partial charge in [-0.25, -0.2) is 9.97 Å². The summed E-state index contributed by atoms with van der Waals surface area (Å²) in [6.45, 7) is 6.87. The van der Waals surface area contributed by atoms with Crippen molar-refractivity contribution in [2.45, 2.75) is 6.92 Å². The molecule has 5 rings (SSSR count). The van der Waals surface area contributed by atoms with Crippen LogP contribution in [-0.4, -0.2) is 67.6 Å². The van der Waals surface area contributed by atoms with E-state index in [0.29, 0.717) is 40.0 Å². The maximum atomic E-state index is 13.4. The average molecular weight is 431 g/mol. The number of rotatable bonds is 5. The molecular formula is C25H26N4O3. The summed E-state index contributed by atoms with van der Waals surface area (Å²) in [5, 5.41) is 0. The topological polar surface area (TPSA) is 67.8 Å². The third-order valence-corrected chi connectivity index (χ3v) is 6.31. The van der Waals surface area contributed by atoms with Crippen LogP contribution in [0.2, 0.25) is 0 Å². The highest BCUT2D eigenvalue weighted by Gasteiger charge is 2.34. The number of fused-ring (bicyclic) bond motifs is 3. The predicted molar refractivity (Wildman–Crippen MR) is 124 cm³/mol. The molecule has 7 heteroatoms. The van der Waals surface area contributed by atoms with E-state index in [4.69, 9.17) is 19.4 Å². The van der Waals surface area contributed by atoms with Crippen molar-refractivity contribution in [3.8, 4) is 34.0 Å². The van der Waals surface area contributed by atoms with Crippen molar-refractivity contribution >= 4 is 11.7 Å². The molecule has 1 aliphatic carbocycles. The van der Waals surface area contributed by atoms with Gasteiger partial charge in [0.05, 0.1) is 31.2 Å². The Morgan fingerprint density at radius 3 is 2.25 bits per heavy atom. The Bertz CT molecular complexity index is 1190. The summed E-state index contributed by atoms with van der Waals surface area (Å²) in [6, 6.07) is 13.3. The minimum atomic E-state index is -0.0391.